The summed E-state index contributed by atoms with van der Waals surface area (Å²) >= 11 is 1.72. The monoisotopic (exact) mass is 379 g/mol. The summed E-state index contributed by atoms with van der Waals surface area (Å²) in [4.78, 5) is 12.9. The minimum atomic E-state index is -0.323. The molecule has 3 aromatic carbocycles. The van der Waals surface area contributed by atoms with Crippen molar-refractivity contribution in [3.63, 3.8) is 0 Å². The van der Waals surface area contributed by atoms with E-state index >= 15 is 0 Å². The van der Waals surface area contributed by atoms with Crippen LogP contribution in [-0.2, 0) is 11.2 Å². The third-order valence-electron chi connectivity index (χ3n) is 4.65. The van der Waals surface area contributed by atoms with E-state index in [4.69, 9.17) is 5.21 Å². The summed E-state index contributed by atoms with van der Waals surface area (Å²) in [6.07, 6.45) is 4.47. The minimum Gasteiger partial charge on any atom is -0.289 e. The van der Waals surface area contributed by atoms with Crippen molar-refractivity contribution in [3.05, 3.63) is 78.4 Å². The molecule has 140 valence electrons. The van der Waals surface area contributed by atoms with Gasteiger partial charge in [-0.1, -0.05) is 67.1 Å². The van der Waals surface area contributed by atoms with Crippen molar-refractivity contribution < 1.29 is 10.0 Å². The zero-order chi connectivity index (χ0) is 18.9. The molecule has 27 heavy (non-hydrogen) atoms. The van der Waals surface area contributed by atoms with E-state index in [2.05, 4.69) is 54.6 Å². The average molecular weight is 380 g/mol. The Morgan fingerprint density at radius 3 is 2.44 bits per heavy atom. The maximum absolute atomic E-state index is 11.7. The Bertz CT molecular complexity index is 866. The van der Waals surface area contributed by atoms with Gasteiger partial charge in [0.1, 0.15) is 0 Å². The number of benzene rings is 3. The number of unbranched alkanes of at least 4 members (excludes halogenated alkanes) is 1. The molecule has 3 rings (SSSR count). The summed E-state index contributed by atoms with van der Waals surface area (Å²) < 4.78 is 0. The van der Waals surface area contributed by atoms with Gasteiger partial charge in [0.2, 0.25) is 5.91 Å². The summed E-state index contributed by atoms with van der Waals surface area (Å²) in [5.41, 5.74) is 3.13. The number of rotatable bonds is 9. The predicted octanol–water partition coefficient (Wildman–Crippen LogP) is 5.61. The van der Waals surface area contributed by atoms with Crippen LogP contribution in [0.4, 0.5) is 0 Å². The van der Waals surface area contributed by atoms with Crippen LogP contribution in [-0.4, -0.2) is 16.4 Å². The molecule has 3 nitrogen and oxygen atoms in total. The Balaban J connectivity index is 1.58. The zero-order valence-corrected chi connectivity index (χ0v) is 16.1. The first-order valence-corrected chi connectivity index (χ1v) is 10.2. The molecule has 0 heterocycles. The quantitative estimate of drug-likeness (QED) is 0.220. The van der Waals surface area contributed by atoms with Crippen LogP contribution in [0.15, 0.2) is 77.7 Å². The van der Waals surface area contributed by atoms with Gasteiger partial charge in [0.05, 0.1) is 0 Å². The molecular formula is C23H25NO2S. The minimum absolute atomic E-state index is 0.147. The lowest BCUT2D eigenvalue weighted by atomic mass is 10.1. The fraction of sp³-hybridized carbons (Fsp3) is 0.261. The van der Waals surface area contributed by atoms with Crippen LogP contribution in [0.5, 0.6) is 0 Å². The van der Waals surface area contributed by atoms with E-state index in [9.17, 15) is 4.79 Å². The molecule has 0 fully saturated rings. The molecule has 0 aliphatic rings. The SMILES string of the molecule is O=C(CC(CCCCc1ccccc1)Sc1ccc2ccccc2c1)NO. The summed E-state index contributed by atoms with van der Waals surface area (Å²) in [6, 6.07) is 25.2. The molecule has 0 spiro atoms. The fourth-order valence-electron chi connectivity index (χ4n) is 3.23. The number of carbonyl (C=O) groups excluding carboxylic acids is 1. The summed E-state index contributed by atoms with van der Waals surface area (Å²) in [5.74, 6) is -0.323. The van der Waals surface area contributed by atoms with Crippen molar-refractivity contribution in [3.8, 4) is 0 Å². The lowest BCUT2D eigenvalue weighted by molar-refractivity contribution is -0.129. The first-order valence-electron chi connectivity index (χ1n) is 9.37. The molecule has 1 unspecified atom stereocenters. The van der Waals surface area contributed by atoms with Gasteiger partial charge in [-0.2, -0.15) is 0 Å². The fourth-order valence-corrected chi connectivity index (χ4v) is 4.48. The molecule has 0 aliphatic heterocycles. The Hall–Kier alpha value is -2.30. The normalized spacial score (nSPS) is 12.0. The first-order chi connectivity index (χ1) is 13.2. The number of thioether (sulfide) groups is 1. The Labute approximate surface area is 164 Å². The van der Waals surface area contributed by atoms with Crippen molar-refractivity contribution in [2.45, 2.75) is 42.2 Å². The molecule has 4 heteroatoms. The largest absolute Gasteiger partial charge is 0.289 e. The number of amides is 1. The first kappa shape index (κ1) is 19.5. The third kappa shape index (κ3) is 6.12. The number of hydrogen-bond donors (Lipinski definition) is 2. The molecule has 0 saturated carbocycles. The summed E-state index contributed by atoms with van der Waals surface area (Å²) in [7, 11) is 0. The van der Waals surface area contributed by atoms with Gasteiger partial charge in [-0.05, 0) is 47.7 Å². The van der Waals surface area contributed by atoms with Gasteiger partial charge in [0, 0.05) is 16.6 Å². The van der Waals surface area contributed by atoms with Crippen molar-refractivity contribution in [1.29, 1.82) is 0 Å². The van der Waals surface area contributed by atoms with Crippen molar-refractivity contribution >= 4 is 28.4 Å². The number of hydroxylamine groups is 1. The van der Waals surface area contributed by atoms with Crippen LogP contribution in [0.3, 0.4) is 0 Å². The highest BCUT2D eigenvalue weighted by molar-refractivity contribution is 8.00. The highest BCUT2D eigenvalue weighted by Crippen LogP contribution is 2.31. The van der Waals surface area contributed by atoms with Gasteiger partial charge in [-0.25, -0.2) is 5.48 Å². The third-order valence-corrected chi connectivity index (χ3v) is 5.91. The zero-order valence-electron chi connectivity index (χ0n) is 15.3. The highest BCUT2D eigenvalue weighted by atomic mass is 32.2. The summed E-state index contributed by atoms with van der Waals surface area (Å²) in [6.45, 7) is 0. The van der Waals surface area contributed by atoms with Crippen LogP contribution >= 0.6 is 11.8 Å². The Kier molecular flexibility index (Phi) is 7.31. The smallest absolute Gasteiger partial charge is 0.244 e. The van der Waals surface area contributed by atoms with Crippen LogP contribution in [0, 0.1) is 0 Å². The molecule has 3 aromatic rings. The van der Waals surface area contributed by atoms with E-state index in [1.165, 1.54) is 16.3 Å². The van der Waals surface area contributed by atoms with E-state index in [0.717, 1.165) is 30.6 Å². The molecule has 0 radical (unpaired) electrons. The second-order valence-electron chi connectivity index (χ2n) is 6.72. The Morgan fingerprint density at radius 2 is 1.67 bits per heavy atom. The lowest BCUT2D eigenvalue weighted by Crippen LogP contribution is -2.23. The number of carbonyl (C=O) groups is 1. The van der Waals surface area contributed by atoms with Crippen LogP contribution in [0.2, 0.25) is 0 Å². The van der Waals surface area contributed by atoms with E-state index in [1.807, 2.05) is 18.2 Å². The number of aryl methyl sites for hydroxylation is 1. The molecule has 0 bridgehead atoms. The highest BCUT2D eigenvalue weighted by Gasteiger charge is 2.15. The van der Waals surface area contributed by atoms with Crippen LogP contribution in [0.1, 0.15) is 31.2 Å². The van der Waals surface area contributed by atoms with Gasteiger partial charge in [-0.15, -0.1) is 11.8 Å². The molecule has 2 N–H and O–H groups in total. The molecule has 1 amide bonds. The number of nitrogens with one attached hydrogen (secondary N) is 1. The van der Waals surface area contributed by atoms with Crippen molar-refractivity contribution in [1.82, 2.24) is 5.48 Å². The van der Waals surface area contributed by atoms with Crippen LogP contribution < -0.4 is 5.48 Å². The number of hydrogen-bond acceptors (Lipinski definition) is 3. The molecular weight excluding hydrogens is 354 g/mol. The second kappa shape index (κ2) is 10.1. The van der Waals surface area contributed by atoms with Gasteiger partial charge < -0.3 is 0 Å². The predicted molar refractivity (Wildman–Crippen MR) is 112 cm³/mol. The van der Waals surface area contributed by atoms with E-state index in [-0.39, 0.29) is 11.2 Å². The Morgan fingerprint density at radius 1 is 0.926 bits per heavy atom. The van der Waals surface area contributed by atoms with Crippen molar-refractivity contribution in [2.75, 3.05) is 0 Å². The molecule has 0 aliphatic carbocycles. The van der Waals surface area contributed by atoms with Gasteiger partial charge >= 0.3 is 0 Å². The maximum atomic E-state index is 11.7. The molecule has 1 atom stereocenters. The van der Waals surface area contributed by atoms with Gasteiger partial charge in [-0.3, -0.25) is 10.0 Å². The average Bonchev–Trinajstić information content (AvgIpc) is 2.71. The van der Waals surface area contributed by atoms with Crippen LogP contribution in [0.25, 0.3) is 10.8 Å². The lowest BCUT2D eigenvalue weighted by Gasteiger charge is -2.16. The van der Waals surface area contributed by atoms with E-state index < -0.39 is 0 Å². The van der Waals surface area contributed by atoms with E-state index in [0.29, 0.717) is 6.42 Å². The van der Waals surface area contributed by atoms with Gasteiger partial charge in [0.15, 0.2) is 0 Å². The number of fused-ring (bicyclic) bond motifs is 1. The topological polar surface area (TPSA) is 49.3 Å². The standard InChI is InChI=1S/C23H25NO2S/c25-23(24-26)17-21(13-7-4-10-18-8-2-1-3-9-18)27-22-15-14-19-11-5-6-12-20(19)16-22/h1-3,5-6,8-9,11-12,14-16,21,26H,4,7,10,13,17H2,(H,24,25). The van der Waals surface area contributed by atoms with E-state index in [1.54, 1.807) is 17.2 Å². The molecule has 0 aromatic heterocycles. The second-order valence-corrected chi connectivity index (χ2v) is 8.09. The molecule has 0 saturated heterocycles. The summed E-state index contributed by atoms with van der Waals surface area (Å²) in [5, 5.41) is 11.5. The van der Waals surface area contributed by atoms with Crippen molar-refractivity contribution in [2.24, 2.45) is 0 Å². The van der Waals surface area contributed by atoms with Gasteiger partial charge in [0.25, 0.3) is 0 Å². The maximum Gasteiger partial charge on any atom is 0.244 e.